The van der Waals surface area contributed by atoms with E-state index in [1.807, 2.05) is 17.8 Å². The van der Waals surface area contributed by atoms with Gasteiger partial charge in [-0.05, 0) is 30.5 Å². The first-order valence-corrected chi connectivity index (χ1v) is 5.90. The van der Waals surface area contributed by atoms with Crippen LogP contribution in [0.1, 0.15) is 0 Å². The Morgan fingerprint density at radius 1 is 1.27 bits per heavy atom. The third-order valence-corrected chi connectivity index (χ3v) is 2.91. The van der Waals surface area contributed by atoms with E-state index in [1.54, 1.807) is 18.0 Å². The molecule has 1 aromatic heterocycles. The fourth-order valence-corrected chi connectivity index (χ4v) is 1.70. The van der Waals surface area contributed by atoms with Gasteiger partial charge in [-0.15, -0.1) is 11.8 Å². The number of hydrogen-bond donors (Lipinski definition) is 1. The molecule has 0 saturated carbocycles. The third-order valence-electron chi connectivity index (χ3n) is 2.17. The molecule has 0 fully saturated rings. The van der Waals surface area contributed by atoms with Crippen LogP contribution in [0.4, 0.5) is 11.6 Å². The molecule has 1 aromatic carbocycles. The largest absolute Gasteiger partial charge is 0.326 e. The molecule has 15 heavy (non-hydrogen) atoms. The lowest BCUT2D eigenvalue weighted by molar-refractivity contribution is 0.924. The van der Waals surface area contributed by atoms with Gasteiger partial charge in [0, 0.05) is 30.0 Å². The first-order chi connectivity index (χ1) is 7.29. The summed E-state index contributed by atoms with van der Waals surface area (Å²) in [6, 6.07) is 8.30. The van der Waals surface area contributed by atoms with Crippen LogP contribution in [0.3, 0.4) is 0 Å². The van der Waals surface area contributed by atoms with Crippen LogP contribution in [0, 0.1) is 0 Å². The molecule has 0 unspecified atom stereocenters. The highest BCUT2D eigenvalue weighted by Crippen LogP contribution is 2.19. The van der Waals surface area contributed by atoms with Crippen LogP contribution in [-0.2, 0) is 7.05 Å². The molecule has 78 valence electrons. The van der Waals surface area contributed by atoms with Crippen molar-refractivity contribution in [2.24, 2.45) is 7.05 Å². The normalized spacial score (nSPS) is 10.3. The van der Waals surface area contributed by atoms with Crippen LogP contribution >= 0.6 is 11.8 Å². The number of rotatable bonds is 3. The number of thioether (sulfide) groups is 1. The average Bonchev–Trinajstić information content (AvgIpc) is 2.66. The standard InChI is InChI=1S/C11H13N3S/c1-14-8-7-12-11(14)13-9-3-5-10(15-2)6-4-9/h3-8H,1-2H3,(H,12,13). The van der Waals surface area contributed by atoms with Crippen LogP contribution in [0.25, 0.3) is 0 Å². The summed E-state index contributed by atoms with van der Waals surface area (Å²) in [5.41, 5.74) is 1.06. The van der Waals surface area contributed by atoms with Crippen LogP contribution in [0.15, 0.2) is 41.6 Å². The van der Waals surface area contributed by atoms with Crippen molar-refractivity contribution in [3.8, 4) is 0 Å². The van der Waals surface area contributed by atoms with Gasteiger partial charge in [-0.1, -0.05) is 0 Å². The van der Waals surface area contributed by atoms with E-state index >= 15 is 0 Å². The van der Waals surface area contributed by atoms with Crippen molar-refractivity contribution in [2.45, 2.75) is 4.90 Å². The Kier molecular flexibility index (Phi) is 2.97. The molecule has 0 atom stereocenters. The fraction of sp³-hybridized carbons (Fsp3) is 0.182. The highest BCUT2D eigenvalue weighted by molar-refractivity contribution is 7.98. The van der Waals surface area contributed by atoms with Gasteiger partial charge in [0.15, 0.2) is 0 Å². The summed E-state index contributed by atoms with van der Waals surface area (Å²) >= 11 is 1.74. The summed E-state index contributed by atoms with van der Waals surface area (Å²) in [6.45, 7) is 0. The number of hydrogen-bond acceptors (Lipinski definition) is 3. The Balaban J connectivity index is 2.14. The van der Waals surface area contributed by atoms with Gasteiger partial charge in [0.05, 0.1) is 0 Å². The predicted molar refractivity (Wildman–Crippen MR) is 64.7 cm³/mol. The van der Waals surface area contributed by atoms with E-state index in [-0.39, 0.29) is 0 Å². The fourth-order valence-electron chi connectivity index (χ4n) is 1.29. The van der Waals surface area contributed by atoms with Crippen molar-refractivity contribution in [1.29, 1.82) is 0 Å². The second-order valence-electron chi connectivity index (χ2n) is 3.22. The maximum Gasteiger partial charge on any atom is 0.207 e. The van der Waals surface area contributed by atoms with Crippen molar-refractivity contribution in [3.05, 3.63) is 36.7 Å². The molecule has 0 aliphatic rings. The van der Waals surface area contributed by atoms with Gasteiger partial charge < -0.3 is 9.88 Å². The Labute approximate surface area is 93.5 Å². The van der Waals surface area contributed by atoms with E-state index in [2.05, 4.69) is 40.8 Å². The van der Waals surface area contributed by atoms with Crippen molar-refractivity contribution in [1.82, 2.24) is 9.55 Å². The van der Waals surface area contributed by atoms with E-state index in [0.29, 0.717) is 0 Å². The SMILES string of the molecule is CSc1ccc(Nc2nccn2C)cc1. The van der Waals surface area contributed by atoms with Gasteiger partial charge in [-0.25, -0.2) is 4.98 Å². The smallest absolute Gasteiger partial charge is 0.207 e. The molecular formula is C11H13N3S. The second kappa shape index (κ2) is 4.40. The molecule has 0 saturated heterocycles. The number of aryl methyl sites for hydroxylation is 1. The first-order valence-electron chi connectivity index (χ1n) is 4.68. The summed E-state index contributed by atoms with van der Waals surface area (Å²) in [5, 5.41) is 3.25. The summed E-state index contributed by atoms with van der Waals surface area (Å²) < 4.78 is 1.95. The Hall–Kier alpha value is -1.42. The molecule has 0 spiro atoms. The lowest BCUT2D eigenvalue weighted by Gasteiger charge is -2.06. The number of imidazole rings is 1. The van der Waals surface area contributed by atoms with Crippen LogP contribution in [-0.4, -0.2) is 15.8 Å². The van der Waals surface area contributed by atoms with Crippen molar-refractivity contribution in [3.63, 3.8) is 0 Å². The second-order valence-corrected chi connectivity index (χ2v) is 4.09. The van der Waals surface area contributed by atoms with Gasteiger partial charge in [0.2, 0.25) is 5.95 Å². The molecule has 0 radical (unpaired) electrons. The Morgan fingerprint density at radius 2 is 2.00 bits per heavy atom. The molecule has 2 rings (SSSR count). The quantitative estimate of drug-likeness (QED) is 0.805. The zero-order chi connectivity index (χ0) is 10.7. The highest BCUT2D eigenvalue weighted by Gasteiger charge is 1.98. The van der Waals surface area contributed by atoms with Crippen LogP contribution < -0.4 is 5.32 Å². The lowest BCUT2D eigenvalue weighted by atomic mass is 10.3. The van der Waals surface area contributed by atoms with Crippen molar-refractivity contribution in [2.75, 3.05) is 11.6 Å². The van der Waals surface area contributed by atoms with Crippen molar-refractivity contribution >= 4 is 23.4 Å². The number of nitrogens with zero attached hydrogens (tertiary/aromatic N) is 2. The van der Waals surface area contributed by atoms with E-state index < -0.39 is 0 Å². The van der Waals surface area contributed by atoms with E-state index in [9.17, 15) is 0 Å². The van der Waals surface area contributed by atoms with E-state index in [1.165, 1.54) is 4.90 Å². The van der Waals surface area contributed by atoms with Gasteiger partial charge in [-0.2, -0.15) is 0 Å². The third kappa shape index (κ3) is 2.33. The van der Waals surface area contributed by atoms with Crippen LogP contribution in [0.5, 0.6) is 0 Å². The van der Waals surface area contributed by atoms with Gasteiger partial charge in [0.1, 0.15) is 0 Å². The van der Waals surface area contributed by atoms with Gasteiger partial charge >= 0.3 is 0 Å². The first kappa shape index (κ1) is 10.1. The number of nitrogens with one attached hydrogen (secondary N) is 1. The summed E-state index contributed by atoms with van der Waals surface area (Å²) in [7, 11) is 1.96. The molecule has 0 amide bonds. The summed E-state index contributed by atoms with van der Waals surface area (Å²) in [5.74, 6) is 0.854. The summed E-state index contributed by atoms with van der Waals surface area (Å²) in [4.78, 5) is 5.46. The molecule has 0 aliphatic heterocycles. The monoisotopic (exact) mass is 219 g/mol. The van der Waals surface area contributed by atoms with E-state index in [0.717, 1.165) is 11.6 Å². The number of anilines is 2. The van der Waals surface area contributed by atoms with Gasteiger partial charge in [0.25, 0.3) is 0 Å². The minimum absolute atomic E-state index is 0.854. The molecule has 0 bridgehead atoms. The zero-order valence-corrected chi connectivity index (χ0v) is 9.58. The molecule has 3 nitrogen and oxygen atoms in total. The lowest BCUT2D eigenvalue weighted by Crippen LogP contribution is -1.97. The van der Waals surface area contributed by atoms with Crippen LogP contribution in [0.2, 0.25) is 0 Å². The zero-order valence-electron chi connectivity index (χ0n) is 8.77. The minimum atomic E-state index is 0.854. The molecule has 1 heterocycles. The minimum Gasteiger partial charge on any atom is -0.326 e. The predicted octanol–water partition coefficient (Wildman–Crippen LogP) is 2.89. The van der Waals surface area contributed by atoms with Gasteiger partial charge in [-0.3, -0.25) is 0 Å². The topological polar surface area (TPSA) is 29.9 Å². The van der Waals surface area contributed by atoms with E-state index in [4.69, 9.17) is 0 Å². The average molecular weight is 219 g/mol. The Morgan fingerprint density at radius 3 is 2.53 bits per heavy atom. The molecule has 2 aromatic rings. The molecular weight excluding hydrogens is 206 g/mol. The number of aromatic nitrogens is 2. The Bertz CT molecular complexity index is 433. The highest BCUT2D eigenvalue weighted by atomic mass is 32.2. The molecule has 0 aliphatic carbocycles. The maximum atomic E-state index is 4.20. The maximum absolute atomic E-state index is 4.20. The summed E-state index contributed by atoms with van der Waals surface area (Å²) in [6.07, 6.45) is 5.76. The molecule has 4 heteroatoms. The number of benzene rings is 1. The molecule has 1 N–H and O–H groups in total. The van der Waals surface area contributed by atoms with Crippen molar-refractivity contribution < 1.29 is 0 Å².